The normalized spacial score (nSPS) is 10.8. The second-order valence-corrected chi connectivity index (χ2v) is 7.79. The molecule has 0 bridgehead atoms. The van der Waals surface area contributed by atoms with Crippen LogP contribution in [0.4, 0.5) is 5.13 Å². The number of nitrogens with zero attached hydrogens (tertiary/aromatic N) is 1. The third-order valence-corrected chi connectivity index (χ3v) is 5.32. The molecule has 1 aromatic heterocycles. The maximum absolute atomic E-state index is 12.3. The van der Waals surface area contributed by atoms with Crippen LogP contribution in [0.1, 0.15) is 32.3 Å². The Morgan fingerprint density at radius 1 is 1.09 bits per heavy atom. The minimum atomic E-state index is -0.251. The van der Waals surface area contributed by atoms with Gasteiger partial charge in [0, 0.05) is 17.0 Å². The number of methoxy groups -OCH3 is 1. The molecule has 0 fully saturated rings. The van der Waals surface area contributed by atoms with Crippen molar-refractivity contribution in [1.82, 2.24) is 4.98 Å². The summed E-state index contributed by atoms with van der Waals surface area (Å²) in [5.74, 6) is 1.90. The summed E-state index contributed by atoms with van der Waals surface area (Å²) < 4.78 is 16.5. The number of benzene rings is 2. The molecule has 7 heteroatoms. The van der Waals surface area contributed by atoms with Gasteiger partial charge in [0.2, 0.25) is 5.91 Å². The van der Waals surface area contributed by atoms with Crippen LogP contribution in [0, 0.1) is 0 Å². The van der Waals surface area contributed by atoms with E-state index in [0.717, 1.165) is 42.0 Å². The Morgan fingerprint density at radius 3 is 2.62 bits per heavy atom. The molecule has 0 atom stereocenters. The van der Waals surface area contributed by atoms with Gasteiger partial charge in [0.15, 0.2) is 16.6 Å². The van der Waals surface area contributed by atoms with E-state index in [9.17, 15) is 4.79 Å². The topological polar surface area (TPSA) is 69.7 Å². The van der Waals surface area contributed by atoms with Crippen LogP contribution >= 0.6 is 11.3 Å². The largest absolute Gasteiger partial charge is 0.494 e. The number of ether oxygens (including phenoxy) is 3. The zero-order valence-electron chi connectivity index (χ0n) is 18.6. The lowest BCUT2D eigenvalue weighted by molar-refractivity contribution is -0.111. The van der Waals surface area contributed by atoms with Gasteiger partial charge in [-0.05, 0) is 61.4 Å². The molecule has 0 radical (unpaired) electrons. The lowest BCUT2D eigenvalue weighted by Gasteiger charge is -2.09. The second kappa shape index (κ2) is 11.9. The van der Waals surface area contributed by atoms with Gasteiger partial charge in [0.05, 0.1) is 26.0 Å². The van der Waals surface area contributed by atoms with Crippen LogP contribution in [0.5, 0.6) is 17.2 Å². The van der Waals surface area contributed by atoms with Crippen LogP contribution in [-0.2, 0) is 4.79 Å². The van der Waals surface area contributed by atoms with Crippen LogP contribution in [-0.4, -0.2) is 31.2 Å². The van der Waals surface area contributed by atoms with Crippen LogP contribution in [0.15, 0.2) is 53.9 Å². The van der Waals surface area contributed by atoms with Gasteiger partial charge in [-0.25, -0.2) is 4.98 Å². The van der Waals surface area contributed by atoms with E-state index in [1.165, 1.54) is 17.4 Å². The fourth-order valence-electron chi connectivity index (χ4n) is 2.90. The molecule has 1 amide bonds. The van der Waals surface area contributed by atoms with E-state index in [1.807, 2.05) is 54.8 Å². The first-order chi connectivity index (χ1) is 15.6. The first-order valence-electron chi connectivity index (χ1n) is 10.6. The molecule has 32 heavy (non-hydrogen) atoms. The minimum Gasteiger partial charge on any atom is -0.494 e. The third-order valence-electron chi connectivity index (χ3n) is 4.57. The summed E-state index contributed by atoms with van der Waals surface area (Å²) in [6, 6.07) is 13.3. The van der Waals surface area contributed by atoms with Crippen molar-refractivity contribution in [2.75, 3.05) is 25.6 Å². The minimum absolute atomic E-state index is 0.251. The smallest absolute Gasteiger partial charge is 0.250 e. The Kier molecular flexibility index (Phi) is 8.69. The van der Waals surface area contributed by atoms with E-state index in [-0.39, 0.29) is 5.91 Å². The van der Waals surface area contributed by atoms with Crippen molar-refractivity contribution in [2.45, 2.75) is 26.7 Å². The predicted octanol–water partition coefficient (Wildman–Crippen LogP) is 6.05. The first kappa shape index (κ1) is 23.3. The molecule has 3 rings (SSSR count). The van der Waals surface area contributed by atoms with Gasteiger partial charge in [0.25, 0.3) is 0 Å². The van der Waals surface area contributed by atoms with E-state index < -0.39 is 0 Å². The maximum atomic E-state index is 12.3. The highest BCUT2D eigenvalue weighted by Gasteiger charge is 2.08. The third kappa shape index (κ3) is 6.59. The summed E-state index contributed by atoms with van der Waals surface area (Å²) >= 11 is 1.38. The Balaban J connectivity index is 1.58. The first-order valence-corrected chi connectivity index (χ1v) is 11.5. The van der Waals surface area contributed by atoms with Crippen LogP contribution in [0.3, 0.4) is 0 Å². The molecule has 168 valence electrons. The Morgan fingerprint density at radius 2 is 1.91 bits per heavy atom. The maximum Gasteiger partial charge on any atom is 0.250 e. The van der Waals surface area contributed by atoms with Crippen molar-refractivity contribution in [2.24, 2.45) is 0 Å². The van der Waals surface area contributed by atoms with E-state index in [1.54, 1.807) is 13.2 Å². The molecule has 0 aliphatic heterocycles. The van der Waals surface area contributed by atoms with E-state index in [0.29, 0.717) is 23.2 Å². The number of amides is 1. The summed E-state index contributed by atoms with van der Waals surface area (Å²) in [4.78, 5) is 16.8. The lowest BCUT2D eigenvalue weighted by Crippen LogP contribution is -2.07. The molecular formula is C25H28N2O4S. The monoisotopic (exact) mass is 452 g/mol. The number of thiazole rings is 1. The van der Waals surface area contributed by atoms with Gasteiger partial charge in [-0.15, -0.1) is 11.3 Å². The zero-order chi connectivity index (χ0) is 22.8. The van der Waals surface area contributed by atoms with Gasteiger partial charge in [-0.3, -0.25) is 10.1 Å². The van der Waals surface area contributed by atoms with Crippen molar-refractivity contribution in [3.8, 4) is 28.5 Å². The van der Waals surface area contributed by atoms with Crippen molar-refractivity contribution >= 4 is 28.5 Å². The second-order valence-electron chi connectivity index (χ2n) is 6.93. The number of rotatable bonds is 11. The van der Waals surface area contributed by atoms with Crippen molar-refractivity contribution in [3.63, 3.8) is 0 Å². The average Bonchev–Trinajstić information content (AvgIpc) is 3.27. The highest BCUT2D eigenvalue weighted by atomic mass is 32.1. The summed E-state index contributed by atoms with van der Waals surface area (Å²) in [7, 11) is 1.59. The Bertz CT molecular complexity index is 1040. The molecule has 0 aliphatic carbocycles. The number of nitrogens with one attached hydrogen (secondary N) is 1. The summed E-state index contributed by atoms with van der Waals surface area (Å²) in [6.45, 7) is 5.33. The molecule has 6 nitrogen and oxygen atoms in total. The molecule has 0 saturated heterocycles. The van der Waals surface area contributed by atoms with Crippen molar-refractivity contribution in [1.29, 1.82) is 0 Å². The number of hydrogen-bond donors (Lipinski definition) is 1. The van der Waals surface area contributed by atoms with E-state index >= 15 is 0 Å². The molecule has 3 aromatic rings. The quantitative estimate of drug-likeness (QED) is 0.283. The predicted molar refractivity (Wildman–Crippen MR) is 130 cm³/mol. The number of hydrogen-bond acceptors (Lipinski definition) is 6. The van der Waals surface area contributed by atoms with Gasteiger partial charge >= 0.3 is 0 Å². The van der Waals surface area contributed by atoms with Crippen molar-refractivity contribution in [3.05, 3.63) is 59.5 Å². The van der Waals surface area contributed by atoms with Gasteiger partial charge in [0.1, 0.15) is 5.75 Å². The fraction of sp³-hybridized carbons (Fsp3) is 0.280. The SMILES string of the molecule is CCCCOc1ccc(-c2csc(NC(=O)C=Cc3ccc(OCC)c(OC)c3)n2)cc1. The number of carbonyl (C=O) groups excluding carboxylic acids is 1. The van der Waals surface area contributed by atoms with Crippen LogP contribution in [0.2, 0.25) is 0 Å². The summed E-state index contributed by atoms with van der Waals surface area (Å²) in [5.41, 5.74) is 2.62. The molecule has 0 saturated carbocycles. The van der Waals surface area contributed by atoms with Gasteiger partial charge in [-0.2, -0.15) is 0 Å². The molecule has 0 aliphatic rings. The van der Waals surface area contributed by atoms with E-state index in [2.05, 4.69) is 17.2 Å². The lowest BCUT2D eigenvalue weighted by atomic mass is 10.2. The fourth-order valence-corrected chi connectivity index (χ4v) is 3.62. The molecule has 1 heterocycles. The standard InChI is InChI=1S/C25H28N2O4S/c1-4-6-15-31-20-11-9-19(10-12-20)21-17-32-25(26-21)27-24(28)14-8-18-7-13-22(30-5-2)23(16-18)29-3/h7-14,16-17H,4-6,15H2,1-3H3,(H,26,27,28). The molecular weight excluding hydrogens is 424 g/mol. The molecule has 1 N–H and O–H groups in total. The van der Waals surface area contributed by atoms with Crippen molar-refractivity contribution < 1.29 is 19.0 Å². The molecule has 0 spiro atoms. The Hall–Kier alpha value is -3.32. The number of aromatic nitrogens is 1. The molecule has 2 aromatic carbocycles. The average molecular weight is 453 g/mol. The van der Waals surface area contributed by atoms with E-state index in [4.69, 9.17) is 14.2 Å². The zero-order valence-corrected chi connectivity index (χ0v) is 19.4. The molecule has 0 unspecified atom stereocenters. The number of unbranched alkanes of at least 4 members (excludes halogenated alkanes) is 1. The van der Waals surface area contributed by atoms with Gasteiger partial charge in [-0.1, -0.05) is 19.4 Å². The number of anilines is 1. The summed E-state index contributed by atoms with van der Waals surface area (Å²) in [6.07, 6.45) is 5.34. The summed E-state index contributed by atoms with van der Waals surface area (Å²) in [5, 5.41) is 5.27. The highest BCUT2D eigenvalue weighted by molar-refractivity contribution is 7.14. The highest BCUT2D eigenvalue weighted by Crippen LogP contribution is 2.29. The van der Waals surface area contributed by atoms with Gasteiger partial charge < -0.3 is 14.2 Å². The van der Waals surface area contributed by atoms with Crippen LogP contribution < -0.4 is 19.5 Å². The van der Waals surface area contributed by atoms with Crippen LogP contribution in [0.25, 0.3) is 17.3 Å². The number of carbonyl (C=O) groups is 1. The Labute approximate surface area is 192 Å².